The van der Waals surface area contributed by atoms with Crippen molar-refractivity contribution in [3.63, 3.8) is 0 Å². The molecule has 1 aromatic heterocycles. The Morgan fingerprint density at radius 3 is 3.05 bits per heavy atom. The number of carbonyl (C=O) groups is 1. The Hall–Kier alpha value is -1.59. The average Bonchev–Trinajstić information content (AvgIpc) is 2.82. The smallest absolute Gasteiger partial charge is 0.311 e. The number of ether oxygens (including phenoxy) is 1. The number of hydrogen-bond donors (Lipinski definition) is 1. The molecule has 0 saturated carbocycles. The van der Waals surface area contributed by atoms with Gasteiger partial charge in [-0.05, 0) is 31.5 Å². The van der Waals surface area contributed by atoms with Crippen molar-refractivity contribution in [2.45, 2.75) is 20.3 Å². The van der Waals surface area contributed by atoms with Gasteiger partial charge in [0.05, 0.1) is 18.7 Å². The molecule has 0 saturated heterocycles. The molecule has 2 rings (SSSR count). The lowest BCUT2D eigenvalue weighted by Gasteiger charge is -2.07. The molecule has 1 aromatic carbocycles. The van der Waals surface area contributed by atoms with Gasteiger partial charge in [0.15, 0.2) is 5.13 Å². The molecule has 0 unspecified atom stereocenters. The lowest BCUT2D eigenvalue weighted by atomic mass is 10.2. The normalized spacial score (nSPS) is 10.3. The number of anilines is 2. The minimum Gasteiger partial charge on any atom is -0.466 e. The molecule has 0 aliphatic rings. The Kier molecular flexibility index (Phi) is 4.98. The van der Waals surface area contributed by atoms with Gasteiger partial charge in [0.1, 0.15) is 0 Å². The quantitative estimate of drug-likeness (QED) is 0.849. The highest BCUT2D eigenvalue weighted by Gasteiger charge is 2.09. The van der Waals surface area contributed by atoms with Crippen molar-refractivity contribution in [1.29, 1.82) is 0 Å². The van der Waals surface area contributed by atoms with E-state index in [4.69, 9.17) is 16.3 Å². The predicted octanol–water partition coefficient (Wildman–Crippen LogP) is 3.95. The van der Waals surface area contributed by atoms with Gasteiger partial charge in [-0.15, -0.1) is 11.3 Å². The first-order valence-electron chi connectivity index (χ1n) is 6.22. The number of benzene rings is 1. The third kappa shape index (κ3) is 3.71. The molecule has 0 aliphatic carbocycles. The molecule has 106 valence electrons. The fourth-order valence-electron chi connectivity index (χ4n) is 1.66. The van der Waals surface area contributed by atoms with E-state index in [1.165, 1.54) is 11.3 Å². The Morgan fingerprint density at radius 2 is 2.30 bits per heavy atom. The van der Waals surface area contributed by atoms with Crippen LogP contribution in [-0.4, -0.2) is 17.6 Å². The molecule has 1 N–H and O–H groups in total. The number of hydrogen-bond acceptors (Lipinski definition) is 5. The number of esters is 1. The number of carbonyl (C=O) groups excluding carboxylic acids is 1. The second kappa shape index (κ2) is 6.72. The molecule has 2 aromatic rings. The van der Waals surface area contributed by atoms with Crippen LogP contribution in [0.3, 0.4) is 0 Å². The lowest BCUT2D eigenvalue weighted by Crippen LogP contribution is -2.07. The van der Waals surface area contributed by atoms with Crippen molar-refractivity contribution in [2.75, 3.05) is 11.9 Å². The summed E-state index contributed by atoms with van der Waals surface area (Å²) in [4.78, 5) is 15.7. The largest absolute Gasteiger partial charge is 0.466 e. The zero-order valence-corrected chi connectivity index (χ0v) is 12.8. The minimum absolute atomic E-state index is 0.195. The van der Waals surface area contributed by atoms with Gasteiger partial charge in [0, 0.05) is 16.1 Å². The first kappa shape index (κ1) is 14.8. The van der Waals surface area contributed by atoms with Crippen LogP contribution in [0.1, 0.15) is 18.2 Å². The Bertz CT molecular complexity index is 613. The average molecular weight is 311 g/mol. The molecule has 0 bridgehead atoms. The summed E-state index contributed by atoms with van der Waals surface area (Å²) >= 11 is 7.52. The molecule has 0 radical (unpaired) electrons. The maximum Gasteiger partial charge on any atom is 0.311 e. The van der Waals surface area contributed by atoms with Crippen LogP contribution >= 0.6 is 22.9 Å². The molecule has 0 spiro atoms. The van der Waals surface area contributed by atoms with Crippen LogP contribution in [0, 0.1) is 6.92 Å². The van der Waals surface area contributed by atoms with E-state index < -0.39 is 0 Å². The van der Waals surface area contributed by atoms with E-state index >= 15 is 0 Å². The Labute approximate surface area is 126 Å². The summed E-state index contributed by atoms with van der Waals surface area (Å²) < 4.78 is 4.90. The maximum absolute atomic E-state index is 11.4. The number of aromatic nitrogens is 1. The molecule has 0 aliphatic heterocycles. The zero-order valence-electron chi connectivity index (χ0n) is 11.3. The van der Waals surface area contributed by atoms with Gasteiger partial charge in [-0.3, -0.25) is 4.79 Å². The summed E-state index contributed by atoms with van der Waals surface area (Å²) in [6.07, 6.45) is 0.195. The van der Waals surface area contributed by atoms with Crippen molar-refractivity contribution < 1.29 is 9.53 Å². The molecule has 0 fully saturated rings. The van der Waals surface area contributed by atoms with Gasteiger partial charge < -0.3 is 10.1 Å². The van der Waals surface area contributed by atoms with Crippen LogP contribution in [0.4, 0.5) is 10.8 Å². The standard InChI is InChI=1S/C14H15ClN2O2S/c1-3-19-13(18)7-10-8-20-14(16-10)17-12-6-4-5-11(15)9(12)2/h4-6,8H,3,7H2,1-2H3,(H,16,17). The maximum atomic E-state index is 11.4. The van der Waals surface area contributed by atoms with E-state index in [1.54, 1.807) is 6.92 Å². The second-order valence-corrected chi connectivity index (χ2v) is 5.43. The van der Waals surface area contributed by atoms with Crippen molar-refractivity contribution in [2.24, 2.45) is 0 Å². The fraction of sp³-hybridized carbons (Fsp3) is 0.286. The first-order valence-corrected chi connectivity index (χ1v) is 7.48. The minimum atomic E-state index is -0.261. The van der Waals surface area contributed by atoms with Gasteiger partial charge >= 0.3 is 5.97 Å². The molecule has 4 nitrogen and oxygen atoms in total. The number of nitrogens with zero attached hydrogens (tertiary/aromatic N) is 1. The first-order chi connectivity index (χ1) is 9.60. The number of rotatable bonds is 5. The van der Waals surface area contributed by atoms with Crippen LogP contribution in [0.5, 0.6) is 0 Å². The molecule has 0 amide bonds. The van der Waals surface area contributed by atoms with Crippen LogP contribution in [0.2, 0.25) is 5.02 Å². The van der Waals surface area contributed by atoms with Gasteiger partial charge in [-0.25, -0.2) is 4.98 Å². The van der Waals surface area contributed by atoms with Crippen molar-refractivity contribution in [1.82, 2.24) is 4.98 Å². The third-order valence-corrected chi connectivity index (χ3v) is 3.91. The van der Waals surface area contributed by atoms with Crippen LogP contribution in [0.15, 0.2) is 23.6 Å². The van der Waals surface area contributed by atoms with Crippen LogP contribution in [-0.2, 0) is 16.0 Å². The van der Waals surface area contributed by atoms with Crippen molar-refractivity contribution in [3.8, 4) is 0 Å². The Morgan fingerprint density at radius 1 is 1.50 bits per heavy atom. The predicted molar refractivity (Wildman–Crippen MR) is 81.9 cm³/mol. The molecule has 1 heterocycles. The van der Waals surface area contributed by atoms with Crippen molar-refractivity contribution >= 4 is 39.7 Å². The molecule has 0 atom stereocenters. The summed E-state index contributed by atoms with van der Waals surface area (Å²) in [6, 6.07) is 5.66. The highest BCUT2D eigenvalue weighted by atomic mass is 35.5. The summed E-state index contributed by atoms with van der Waals surface area (Å²) in [5.74, 6) is -0.261. The molecular formula is C14H15ClN2O2S. The van der Waals surface area contributed by atoms with Gasteiger partial charge in [0.2, 0.25) is 0 Å². The van der Waals surface area contributed by atoms with E-state index in [9.17, 15) is 4.79 Å². The highest BCUT2D eigenvalue weighted by Crippen LogP contribution is 2.27. The van der Waals surface area contributed by atoms with Gasteiger partial charge in [-0.2, -0.15) is 0 Å². The van der Waals surface area contributed by atoms with Crippen LogP contribution < -0.4 is 5.32 Å². The highest BCUT2D eigenvalue weighted by molar-refractivity contribution is 7.13. The summed E-state index contributed by atoms with van der Waals surface area (Å²) in [7, 11) is 0. The summed E-state index contributed by atoms with van der Waals surface area (Å²) in [6.45, 7) is 4.11. The number of thiazole rings is 1. The summed E-state index contributed by atoms with van der Waals surface area (Å²) in [5, 5.41) is 6.49. The third-order valence-electron chi connectivity index (χ3n) is 2.69. The molecule has 20 heavy (non-hydrogen) atoms. The van der Waals surface area contributed by atoms with Gasteiger partial charge in [0.25, 0.3) is 0 Å². The van der Waals surface area contributed by atoms with E-state index in [0.717, 1.165) is 16.4 Å². The lowest BCUT2D eigenvalue weighted by molar-refractivity contribution is -0.142. The second-order valence-electron chi connectivity index (χ2n) is 4.16. The number of nitrogens with one attached hydrogen (secondary N) is 1. The van der Waals surface area contributed by atoms with Crippen LogP contribution in [0.25, 0.3) is 0 Å². The van der Waals surface area contributed by atoms with E-state index in [-0.39, 0.29) is 12.4 Å². The molecule has 6 heteroatoms. The van der Waals surface area contributed by atoms with E-state index in [1.807, 2.05) is 30.5 Å². The van der Waals surface area contributed by atoms with E-state index in [0.29, 0.717) is 17.3 Å². The van der Waals surface area contributed by atoms with Crippen molar-refractivity contribution in [3.05, 3.63) is 39.9 Å². The molecular weight excluding hydrogens is 296 g/mol. The van der Waals surface area contributed by atoms with Gasteiger partial charge in [-0.1, -0.05) is 17.7 Å². The summed E-state index contributed by atoms with van der Waals surface area (Å²) in [5.41, 5.74) is 2.58. The Balaban J connectivity index is 2.06. The zero-order chi connectivity index (χ0) is 14.5. The topological polar surface area (TPSA) is 51.2 Å². The fourth-order valence-corrected chi connectivity index (χ4v) is 2.56. The van der Waals surface area contributed by atoms with E-state index in [2.05, 4.69) is 10.3 Å². The number of halogens is 1. The SMILES string of the molecule is CCOC(=O)Cc1csc(Nc2cccc(Cl)c2C)n1. The monoisotopic (exact) mass is 310 g/mol.